The third-order valence-electron chi connectivity index (χ3n) is 8.51. The first kappa shape index (κ1) is 26.1. The largest absolute Gasteiger partial charge is 0.359 e. The first-order valence-electron chi connectivity index (χ1n) is 13.6. The van der Waals surface area contributed by atoms with Gasteiger partial charge in [-0.15, -0.1) is 11.8 Å². The van der Waals surface area contributed by atoms with Gasteiger partial charge in [0.15, 0.2) is 0 Å². The molecule has 2 bridgehead atoms. The van der Waals surface area contributed by atoms with E-state index in [2.05, 4.69) is 10.6 Å². The van der Waals surface area contributed by atoms with Crippen LogP contribution in [-0.4, -0.2) is 52.7 Å². The average Bonchev–Trinajstić information content (AvgIpc) is 3.58. The molecular weight excluding hydrogens is 517 g/mol. The zero-order chi connectivity index (χ0) is 27.1. The molecule has 0 radical (unpaired) electrons. The van der Waals surface area contributed by atoms with Crippen molar-refractivity contribution in [2.24, 2.45) is 11.8 Å². The highest BCUT2D eigenvalue weighted by molar-refractivity contribution is 7.98. The van der Waals surface area contributed by atoms with Crippen molar-refractivity contribution in [1.82, 2.24) is 10.2 Å². The zero-order valence-corrected chi connectivity index (χ0v) is 22.6. The quantitative estimate of drug-likeness (QED) is 0.398. The molecule has 2 aromatic carbocycles. The van der Waals surface area contributed by atoms with Gasteiger partial charge in [0.25, 0.3) is 0 Å². The van der Waals surface area contributed by atoms with E-state index < -0.39 is 35.4 Å². The molecule has 7 nitrogen and oxygen atoms in total. The molecule has 39 heavy (non-hydrogen) atoms. The van der Waals surface area contributed by atoms with Gasteiger partial charge in [-0.2, -0.15) is 0 Å². The number of thioether (sulfide) groups is 1. The fourth-order valence-corrected chi connectivity index (χ4v) is 7.16. The Morgan fingerprint density at radius 1 is 1.10 bits per heavy atom. The first-order valence-corrected chi connectivity index (χ1v) is 14.8. The number of hydrogen-bond donors (Lipinski definition) is 2. The summed E-state index contributed by atoms with van der Waals surface area (Å²) < 4.78 is 21.1. The highest BCUT2D eigenvalue weighted by Crippen LogP contribution is 2.55. The van der Waals surface area contributed by atoms with E-state index in [0.29, 0.717) is 11.3 Å². The van der Waals surface area contributed by atoms with Gasteiger partial charge in [-0.05, 0) is 43.4 Å². The minimum absolute atomic E-state index is 0.0255. The number of ether oxygens (including phenoxy) is 1. The van der Waals surface area contributed by atoms with Crippen LogP contribution >= 0.6 is 11.8 Å². The predicted octanol–water partition coefficient (Wildman–Crippen LogP) is 4.29. The van der Waals surface area contributed by atoms with E-state index >= 15 is 0 Å². The fraction of sp³-hybridized carbons (Fsp3) is 0.433. The Kier molecular flexibility index (Phi) is 6.97. The fourth-order valence-electron chi connectivity index (χ4n) is 6.70. The van der Waals surface area contributed by atoms with Gasteiger partial charge in [0.1, 0.15) is 17.5 Å². The molecule has 204 valence electrons. The molecule has 1 aliphatic carbocycles. The van der Waals surface area contributed by atoms with Crippen LogP contribution in [0.15, 0.2) is 65.6 Å². The van der Waals surface area contributed by atoms with Crippen LogP contribution in [-0.2, 0) is 25.7 Å². The van der Waals surface area contributed by atoms with Gasteiger partial charge < -0.3 is 20.3 Å². The molecule has 3 heterocycles. The zero-order valence-electron chi connectivity index (χ0n) is 21.8. The maximum atomic E-state index is 14.7. The molecule has 5 atom stereocenters. The second-order valence-electron chi connectivity index (χ2n) is 10.8. The Morgan fingerprint density at radius 2 is 1.90 bits per heavy atom. The Balaban J connectivity index is 1.33. The van der Waals surface area contributed by atoms with E-state index in [1.54, 1.807) is 48.2 Å². The summed E-state index contributed by atoms with van der Waals surface area (Å²) in [4.78, 5) is 44.0. The number of rotatable bonds is 7. The summed E-state index contributed by atoms with van der Waals surface area (Å²) in [5.41, 5.74) is -0.339. The van der Waals surface area contributed by atoms with Crippen LogP contribution in [0.1, 0.15) is 37.7 Å². The molecule has 9 heteroatoms. The summed E-state index contributed by atoms with van der Waals surface area (Å²) in [5, 5.41) is 6.11. The van der Waals surface area contributed by atoms with E-state index in [1.807, 2.05) is 24.5 Å². The number of nitrogens with one attached hydrogen (secondary N) is 2. The van der Waals surface area contributed by atoms with Crippen molar-refractivity contribution < 1.29 is 23.5 Å². The van der Waals surface area contributed by atoms with Crippen molar-refractivity contribution in [2.75, 3.05) is 11.6 Å². The Bertz CT molecular complexity index is 1330. The Morgan fingerprint density at radius 3 is 2.67 bits per heavy atom. The van der Waals surface area contributed by atoms with Gasteiger partial charge in [0.2, 0.25) is 17.7 Å². The van der Waals surface area contributed by atoms with Crippen LogP contribution in [0, 0.1) is 17.7 Å². The number of anilines is 1. The lowest BCUT2D eigenvalue weighted by molar-refractivity contribution is -0.142. The lowest BCUT2D eigenvalue weighted by atomic mass is 9.74. The molecule has 2 saturated heterocycles. The highest BCUT2D eigenvalue weighted by Gasteiger charge is 2.72. The summed E-state index contributed by atoms with van der Waals surface area (Å²) >= 11 is 1.57. The van der Waals surface area contributed by atoms with E-state index in [0.717, 1.165) is 37.0 Å². The normalized spacial score (nSPS) is 29.5. The van der Waals surface area contributed by atoms with E-state index in [-0.39, 0.29) is 30.3 Å². The molecular formula is C30H32FN3O4S. The lowest BCUT2D eigenvalue weighted by Gasteiger charge is -2.34. The lowest BCUT2D eigenvalue weighted by Crippen LogP contribution is -2.56. The molecule has 2 N–H and O–H groups in total. The van der Waals surface area contributed by atoms with E-state index in [9.17, 15) is 18.8 Å². The van der Waals surface area contributed by atoms with E-state index in [1.165, 1.54) is 11.0 Å². The monoisotopic (exact) mass is 549 g/mol. The molecule has 1 spiro atoms. The van der Waals surface area contributed by atoms with Crippen LogP contribution in [0.3, 0.4) is 0 Å². The SMILES string of the molecule is CSc1cccc(NC(=O)[C@@H]2[C@@H]3C=C[C@]4(O3)[C@@H]2C(=O)N(Cc2ccccc2F)[C@H]4C(=O)NC2CCCCC2)c1. The number of benzene rings is 2. The van der Waals surface area contributed by atoms with Crippen LogP contribution in [0.5, 0.6) is 0 Å². The van der Waals surface area contributed by atoms with Crippen LogP contribution in [0.2, 0.25) is 0 Å². The third-order valence-corrected chi connectivity index (χ3v) is 9.24. The van der Waals surface area contributed by atoms with Gasteiger partial charge in [-0.25, -0.2) is 4.39 Å². The first-order chi connectivity index (χ1) is 18.9. The number of amides is 3. The Labute approximate surface area is 231 Å². The van der Waals surface area contributed by atoms with Crippen molar-refractivity contribution in [1.29, 1.82) is 0 Å². The molecule has 0 unspecified atom stereocenters. The van der Waals surface area contributed by atoms with Gasteiger partial charge in [0.05, 0.1) is 17.9 Å². The summed E-state index contributed by atoms with van der Waals surface area (Å²) in [6.45, 7) is -0.0848. The molecule has 3 aliphatic heterocycles. The van der Waals surface area contributed by atoms with Crippen molar-refractivity contribution in [2.45, 2.75) is 67.3 Å². The minimum Gasteiger partial charge on any atom is -0.359 e. The third kappa shape index (κ3) is 4.55. The number of hydrogen-bond acceptors (Lipinski definition) is 5. The van der Waals surface area contributed by atoms with Gasteiger partial charge in [0, 0.05) is 28.7 Å². The summed E-state index contributed by atoms with van der Waals surface area (Å²) in [7, 11) is 0. The Hall–Kier alpha value is -3.17. The minimum atomic E-state index is -1.28. The van der Waals surface area contributed by atoms with Crippen molar-refractivity contribution in [3.8, 4) is 0 Å². The number of fused-ring (bicyclic) bond motifs is 1. The molecule has 1 saturated carbocycles. The maximum Gasteiger partial charge on any atom is 0.246 e. The van der Waals surface area contributed by atoms with Crippen LogP contribution < -0.4 is 10.6 Å². The standard InChI is InChI=1S/C30H32FN3O4S/c1-39-21-12-7-11-20(16-21)33-27(35)24-23-14-15-30(38-23)25(24)29(37)34(17-18-8-5-6-13-22(18)31)26(30)28(36)32-19-9-3-2-4-10-19/h5-8,11-16,19,23-26H,2-4,9-10,17H2,1H3,(H,32,36)(H,33,35)/t23-,24+,25-,26-,30-/m0/s1. The molecule has 6 rings (SSSR count). The summed E-state index contributed by atoms with van der Waals surface area (Å²) in [6, 6.07) is 12.8. The average molecular weight is 550 g/mol. The summed E-state index contributed by atoms with van der Waals surface area (Å²) in [6.07, 6.45) is 9.90. The predicted molar refractivity (Wildman–Crippen MR) is 146 cm³/mol. The van der Waals surface area contributed by atoms with Crippen molar-refractivity contribution in [3.63, 3.8) is 0 Å². The van der Waals surface area contributed by atoms with Crippen molar-refractivity contribution >= 4 is 35.2 Å². The smallest absolute Gasteiger partial charge is 0.246 e. The second kappa shape index (κ2) is 10.4. The highest BCUT2D eigenvalue weighted by atomic mass is 32.2. The molecule has 3 fully saturated rings. The second-order valence-corrected chi connectivity index (χ2v) is 11.7. The molecule has 2 aromatic rings. The topological polar surface area (TPSA) is 87.7 Å². The van der Waals surface area contributed by atoms with Crippen LogP contribution in [0.25, 0.3) is 0 Å². The molecule has 3 amide bonds. The number of likely N-dealkylation sites (tertiary alicyclic amines) is 1. The maximum absolute atomic E-state index is 14.7. The van der Waals surface area contributed by atoms with Crippen LogP contribution in [0.4, 0.5) is 10.1 Å². The van der Waals surface area contributed by atoms with Crippen molar-refractivity contribution in [3.05, 3.63) is 72.1 Å². The van der Waals surface area contributed by atoms with Gasteiger partial charge in [-0.1, -0.05) is 55.7 Å². The van der Waals surface area contributed by atoms with E-state index in [4.69, 9.17) is 4.74 Å². The summed E-state index contributed by atoms with van der Waals surface area (Å²) in [5.74, 6) is -3.15. The molecule has 4 aliphatic rings. The number of carbonyl (C=O) groups excluding carboxylic acids is 3. The van der Waals surface area contributed by atoms with Gasteiger partial charge in [-0.3, -0.25) is 14.4 Å². The number of nitrogens with zero attached hydrogens (tertiary/aromatic N) is 1. The number of halogens is 1. The van der Waals surface area contributed by atoms with Gasteiger partial charge >= 0.3 is 0 Å². The number of carbonyl (C=O) groups is 3. The molecule has 0 aromatic heterocycles.